The molecule has 0 N–H and O–H groups in total. The molecule has 0 radical (unpaired) electrons. The average Bonchev–Trinajstić information content (AvgIpc) is 2.90. The number of fused-ring (bicyclic) bond motifs is 2. The first kappa shape index (κ1) is 19.2. The number of hydrogen-bond donors (Lipinski definition) is 0. The molecule has 0 spiro atoms. The van der Waals surface area contributed by atoms with E-state index in [4.69, 9.17) is 9.73 Å². The van der Waals surface area contributed by atoms with Crippen molar-refractivity contribution >= 4 is 27.4 Å². The number of Topliss-reactive ketones (excluding diaryl/α,β-unsaturated/α-hetero) is 1. The Labute approximate surface area is 171 Å². The van der Waals surface area contributed by atoms with E-state index in [1.165, 1.54) is 17.5 Å². The summed E-state index contributed by atoms with van der Waals surface area (Å²) >= 11 is 3.74. The lowest BCUT2D eigenvalue weighted by atomic mass is 9.69. The van der Waals surface area contributed by atoms with E-state index < -0.39 is 0 Å². The molecule has 0 amide bonds. The quantitative estimate of drug-likeness (QED) is 0.571. The summed E-state index contributed by atoms with van der Waals surface area (Å²) in [5, 5.41) is 0. The molecule has 0 unspecified atom stereocenters. The molecule has 0 saturated heterocycles. The molecule has 1 fully saturated rings. The van der Waals surface area contributed by atoms with E-state index >= 15 is 0 Å². The predicted molar refractivity (Wildman–Crippen MR) is 113 cm³/mol. The fraction of sp³-hybridized carbons (Fsp3) is 0.652. The number of carbonyl (C=O) groups excluding carboxylic acids is 1. The van der Waals surface area contributed by atoms with Gasteiger partial charge in [0.2, 0.25) is 0 Å². The van der Waals surface area contributed by atoms with Crippen molar-refractivity contribution in [2.75, 3.05) is 0 Å². The van der Waals surface area contributed by atoms with Crippen molar-refractivity contribution in [2.45, 2.75) is 73.0 Å². The van der Waals surface area contributed by atoms with Gasteiger partial charge < -0.3 is 4.74 Å². The second-order valence-corrected chi connectivity index (χ2v) is 10.5. The van der Waals surface area contributed by atoms with E-state index in [0.29, 0.717) is 29.9 Å². The largest absolute Gasteiger partial charge is 0.467 e. The van der Waals surface area contributed by atoms with Gasteiger partial charge >= 0.3 is 0 Å². The van der Waals surface area contributed by atoms with Gasteiger partial charge in [0, 0.05) is 12.3 Å². The van der Waals surface area contributed by atoms with Crippen LogP contribution in [0.15, 0.2) is 15.5 Å². The highest BCUT2D eigenvalue weighted by Gasteiger charge is 2.52. The molecule has 2 aliphatic carbocycles. The van der Waals surface area contributed by atoms with Crippen LogP contribution in [0.2, 0.25) is 0 Å². The summed E-state index contributed by atoms with van der Waals surface area (Å²) in [6, 6.07) is 2.29. The Kier molecular flexibility index (Phi) is 4.57. The number of ether oxygens (including phenoxy) is 1. The van der Waals surface area contributed by atoms with Crippen LogP contribution in [0.4, 0.5) is 0 Å². The van der Waals surface area contributed by atoms with Gasteiger partial charge in [-0.05, 0) is 70.0 Å². The lowest BCUT2D eigenvalue weighted by Gasteiger charge is -2.36. The van der Waals surface area contributed by atoms with Gasteiger partial charge in [0.15, 0.2) is 12.0 Å². The van der Waals surface area contributed by atoms with Gasteiger partial charge in [0.25, 0.3) is 0 Å². The SMILES string of the molecule is Cc1cc2c3c(c1Br)O[C@@H](C(C)C)N=C3C(=O)C[C@]1(C)CC[C@H](C(C)C)[C@H]21. The Morgan fingerprint density at radius 2 is 1.96 bits per heavy atom. The van der Waals surface area contributed by atoms with E-state index in [0.717, 1.165) is 22.2 Å². The van der Waals surface area contributed by atoms with Crippen LogP contribution in [0.5, 0.6) is 5.75 Å². The molecule has 1 aromatic rings. The molecule has 0 aromatic heterocycles. The van der Waals surface area contributed by atoms with Gasteiger partial charge in [0.05, 0.1) is 10.0 Å². The van der Waals surface area contributed by atoms with Crippen molar-refractivity contribution in [1.82, 2.24) is 0 Å². The van der Waals surface area contributed by atoms with E-state index in [1.54, 1.807) is 0 Å². The lowest BCUT2D eigenvalue weighted by molar-refractivity contribution is -0.115. The minimum absolute atomic E-state index is 0.00719. The van der Waals surface area contributed by atoms with Gasteiger partial charge in [-0.25, -0.2) is 4.99 Å². The highest BCUT2D eigenvalue weighted by Crippen LogP contribution is 2.60. The van der Waals surface area contributed by atoms with Gasteiger partial charge in [-0.3, -0.25) is 4.79 Å². The third kappa shape index (κ3) is 2.82. The second-order valence-electron chi connectivity index (χ2n) is 9.71. The summed E-state index contributed by atoms with van der Waals surface area (Å²) < 4.78 is 7.31. The van der Waals surface area contributed by atoms with Gasteiger partial charge in [0.1, 0.15) is 11.5 Å². The van der Waals surface area contributed by atoms with Crippen molar-refractivity contribution in [2.24, 2.45) is 28.2 Å². The molecule has 3 aliphatic rings. The zero-order valence-electron chi connectivity index (χ0n) is 17.2. The van der Waals surface area contributed by atoms with E-state index in [-0.39, 0.29) is 23.3 Å². The zero-order chi connectivity index (χ0) is 19.7. The number of hydrogen-bond acceptors (Lipinski definition) is 3. The number of ketones is 1. The van der Waals surface area contributed by atoms with Crippen LogP contribution in [0, 0.1) is 30.1 Å². The van der Waals surface area contributed by atoms with Crippen molar-refractivity contribution in [3.63, 3.8) is 0 Å². The molecule has 3 nitrogen and oxygen atoms in total. The smallest absolute Gasteiger partial charge is 0.192 e. The molecule has 4 rings (SSSR count). The van der Waals surface area contributed by atoms with Crippen LogP contribution in [0.1, 0.15) is 76.5 Å². The molecule has 0 bridgehead atoms. The molecule has 146 valence electrons. The van der Waals surface area contributed by atoms with Gasteiger partial charge in [-0.2, -0.15) is 0 Å². The van der Waals surface area contributed by atoms with E-state index in [1.807, 2.05) is 0 Å². The van der Waals surface area contributed by atoms with Crippen molar-refractivity contribution in [1.29, 1.82) is 0 Å². The maximum absolute atomic E-state index is 13.4. The van der Waals surface area contributed by atoms with Crippen LogP contribution >= 0.6 is 15.9 Å². The standard InChI is InChI=1S/C23H30BrNO2/c1-11(2)14-7-8-23(6)10-16(26)20-17-15(18(14)23)9-13(5)19(24)21(17)27-22(25-20)12(3)4/h9,11-12,14,18,22H,7-8,10H2,1-6H3/t14-,18-,22+,23+/m1/s1. The normalized spacial score (nSPS) is 32.1. The average molecular weight is 432 g/mol. The Hall–Kier alpha value is -1.16. The van der Waals surface area contributed by atoms with Crippen molar-refractivity contribution in [3.05, 3.63) is 27.2 Å². The fourth-order valence-corrected chi connectivity index (χ4v) is 5.94. The van der Waals surface area contributed by atoms with Crippen LogP contribution in [-0.4, -0.2) is 17.7 Å². The lowest BCUT2D eigenvalue weighted by Crippen LogP contribution is -2.32. The molecule has 1 saturated carbocycles. The first-order valence-corrected chi connectivity index (χ1v) is 11.0. The number of carbonyl (C=O) groups is 1. The van der Waals surface area contributed by atoms with E-state index in [9.17, 15) is 4.79 Å². The maximum atomic E-state index is 13.4. The molecule has 27 heavy (non-hydrogen) atoms. The van der Waals surface area contributed by atoms with Gasteiger partial charge in [-0.15, -0.1) is 0 Å². The number of halogens is 1. The molecule has 4 heteroatoms. The van der Waals surface area contributed by atoms with Crippen LogP contribution in [-0.2, 0) is 4.79 Å². The zero-order valence-corrected chi connectivity index (χ0v) is 18.8. The summed E-state index contributed by atoms with van der Waals surface area (Å²) in [5.74, 6) is 2.81. The van der Waals surface area contributed by atoms with Crippen molar-refractivity contribution < 1.29 is 9.53 Å². The monoisotopic (exact) mass is 431 g/mol. The van der Waals surface area contributed by atoms with Crippen LogP contribution < -0.4 is 4.74 Å². The number of benzene rings is 1. The first-order chi connectivity index (χ1) is 12.6. The predicted octanol–water partition coefficient (Wildman–Crippen LogP) is 6.05. The van der Waals surface area contributed by atoms with Gasteiger partial charge in [-0.1, -0.05) is 40.7 Å². The highest BCUT2D eigenvalue weighted by atomic mass is 79.9. The molecule has 1 aliphatic heterocycles. The van der Waals surface area contributed by atoms with Crippen molar-refractivity contribution in [3.8, 4) is 5.75 Å². The topological polar surface area (TPSA) is 38.7 Å². The Morgan fingerprint density at radius 3 is 2.59 bits per heavy atom. The molecule has 1 aromatic carbocycles. The summed E-state index contributed by atoms with van der Waals surface area (Å²) in [6.07, 6.45) is 2.60. The summed E-state index contributed by atoms with van der Waals surface area (Å²) in [6.45, 7) is 13.3. The Balaban J connectivity index is 2.02. The third-order valence-corrected chi connectivity index (χ3v) is 7.97. The third-order valence-electron chi connectivity index (χ3n) is 6.98. The molecule has 4 atom stereocenters. The second kappa shape index (κ2) is 6.43. The number of aryl methyl sites for hydroxylation is 1. The first-order valence-electron chi connectivity index (χ1n) is 10.2. The molecular formula is C23H30BrNO2. The molecule has 1 heterocycles. The summed E-state index contributed by atoms with van der Waals surface area (Å²) in [4.78, 5) is 18.2. The minimum Gasteiger partial charge on any atom is -0.467 e. The summed E-state index contributed by atoms with van der Waals surface area (Å²) in [7, 11) is 0. The fourth-order valence-electron chi connectivity index (χ4n) is 5.53. The van der Waals surface area contributed by atoms with Crippen LogP contribution in [0.3, 0.4) is 0 Å². The number of aliphatic imine (C=N–C) groups is 1. The minimum atomic E-state index is -0.297. The maximum Gasteiger partial charge on any atom is 0.192 e. The number of nitrogens with zero attached hydrogens (tertiary/aromatic N) is 1. The van der Waals surface area contributed by atoms with Crippen LogP contribution in [0.25, 0.3) is 0 Å². The Bertz CT molecular complexity index is 841. The van der Waals surface area contributed by atoms with E-state index in [2.05, 4.69) is 63.5 Å². The Morgan fingerprint density at radius 1 is 1.26 bits per heavy atom. The molecular weight excluding hydrogens is 402 g/mol. The summed E-state index contributed by atoms with van der Waals surface area (Å²) in [5.41, 5.74) is 4.10. The highest BCUT2D eigenvalue weighted by molar-refractivity contribution is 9.10. The number of rotatable bonds is 2.